The van der Waals surface area contributed by atoms with Crippen LogP contribution in [0, 0.1) is 5.92 Å². The predicted molar refractivity (Wildman–Crippen MR) is 105 cm³/mol. The molecule has 2 aromatic rings. The molecule has 3 heterocycles. The van der Waals surface area contributed by atoms with Crippen molar-refractivity contribution in [3.05, 3.63) is 59.4 Å². The molecule has 0 bridgehead atoms. The van der Waals surface area contributed by atoms with E-state index >= 15 is 0 Å². The van der Waals surface area contributed by atoms with Crippen molar-refractivity contribution in [2.24, 2.45) is 13.0 Å². The number of hydrogen-bond acceptors (Lipinski definition) is 3. The Hall–Kier alpha value is -2.89. The van der Waals surface area contributed by atoms with Gasteiger partial charge >= 0.3 is 0 Å². The molecule has 146 valence electrons. The van der Waals surface area contributed by atoms with Crippen LogP contribution in [0.25, 0.3) is 0 Å². The van der Waals surface area contributed by atoms with Gasteiger partial charge in [0, 0.05) is 25.5 Å². The third-order valence-corrected chi connectivity index (χ3v) is 5.99. The van der Waals surface area contributed by atoms with Crippen LogP contribution < -0.4 is 0 Å². The molecule has 28 heavy (non-hydrogen) atoms. The van der Waals surface area contributed by atoms with Crippen LogP contribution in [0.4, 0.5) is 0 Å². The highest BCUT2D eigenvalue weighted by atomic mass is 16.2. The van der Waals surface area contributed by atoms with Gasteiger partial charge in [0.25, 0.3) is 11.8 Å². The van der Waals surface area contributed by atoms with Crippen molar-refractivity contribution in [1.82, 2.24) is 14.4 Å². The maximum absolute atomic E-state index is 13.2. The molecule has 2 aliphatic heterocycles. The molecule has 1 aromatic carbocycles. The third kappa shape index (κ3) is 3.13. The van der Waals surface area contributed by atoms with Crippen LogP contribution in [-0.2, 0) is 11.8 Å². The van der Waals surface area contributed by atoms with E-state index in [0.717, 1.165) is 29.9 Å². The molecular weight excluding hydrogens is 354 g/mol. The number of fused-ring (bicyclic) bond motifs is 1. The minimum atomic E-state index is -0.382. The minimum absolute atomic E-state index is 0.0346. The van der Waals surface area contributed by atoms with Crippen LogP contribution in [-0.4, -0.2) is 45.2 Å². The van der Waals surface area contributed by atoms with E-state index in [1.165, 1.54) is 0 Å². The van der Waals surface area contributed by atoms with E-state index in [1.54, 1.807) is 24.3 Å². The summed E-state index contributed by atoms with van der Waals surface area (Å²) in [5, 5.41) is 0. The number of carbonyl (C=O) groups is 3. The summed E-state index contributed by atoms with van der Waals surface area (Å²) in [6.45, 7) is 2.64. The van der Waals surface area contributed by atoms with Crippen molar-refractivity contribution in [3.8, 4) is 0 Å². The summed E-state index contributed by atoms with van der Waals surface area (Å²) in [5.74, 6) is -0.394. The Labute approximate surface area is 164 Å². The summed E-state index contributed by atoms with van der Waals surface area (Å²) < 4.78 is 2.04. The van der Waals surface area contributed by atoms with E-state index in [0.29, 0.717) is 23.6 Å². The summed E-state index contributed by atoms with van der Waals surface area (Å²) in [7, 11) is 1.98. The quantitative estimate of drug-likeness (QED) is 0.770. The van der Waals surface area contributed by atoms with Crippen molar-refractivity contribution in [3.63, 3.8) is 0 Å². The number of carbonyl (C=O) groups excluding carboxylic acids is 3. The number of rotatable bonds is 3. The van der Waals surface area contributed by atoms with Crippen molar-refractivity contribution < 1.29 is 14.4 Å². The average Bonchev–Trinajstić information content (AvgIpc) is 3.13. The average molecular weight is 379 g/mol. The van der Waals surface area contributed by atoms with Gasteiger partial charge < -0.3 is 9.47 Å². The van der Waals surface area contributed by atoms with Gasteiger partial charge in [-0.25, -0.2) is 0 Å². The second-order valence-electron chi connectivity index (χ2n) is 7.86. The van der Waals surface area contributed by atoms with Crippen LogP contribution in [0.2, 0.25) is 0 Å². The summed E-state index contributed by atoms with van der Waals surface area (Å²) in [5.41, 5.74) is 1.84. The molecule has 0 spiro atoms. The molecule has 0 aliphatic carbocycles. The van der Waals surface area contributed by atoms with Gasteiger partial charge in [0.2, 0.25) is 5.91 Å². The zero-order valence-electron chi connectivity index (χ0n) is 16.3. The van der Waals surface area contributed by atoms with Gasteiger partial charge in [0.15, 0.2) is 0 Å². The first-order valence-electron chi connectivity index (χ1n) is 9.83. The number of nitrogens with zero attached hydrogens (tertiary/aromatic N) is 3. The molecule has 1 fully saturated rings. The molecule has 1 saturated heterocycles. The Balaban J connectivity index is 1.58. The van der Waals surface area contributed by atoms with Gasteiger partial charge in [0.05, 0.1) is 17.2 Å². The lowest BCUT2D eigenvalue weighted by molar-refractivity contribution is -0.134. The smallest absolute Gasteiger partial charge is 0.262 e. The number of imide groups is 1. The lowest BCUT2D eigenvalue weighted by Gasteiger charge is -2.31. The highest BCUT2D eigenvalue weighted by Gasteiger charge is 2.38. The standard InChI is InChI=1S/C22H25N3O3/c1-15-9-10-19(18-8-5-12-23(18)2)24(13-11-15)20(26)14-25-21(27)16-6-3-4-7-17(16)22(25)28/h3-8,12,15,19H,9-11,13-14H2,1-2H3/t15-,19-/m1/s1. The molecule has 0 saturated carbocycles. The van der Waals surface area contributed by atoms with Gasteiger partial charge in [-0.05, 0) is 49.4 Å². The normalized spacial score (nSPS) is 22.4. The van der Waals surface area contributed by atoms with Crippen molar-refractivity contribution in [2.45, 2.75) is 32.2 Å². The second kappa shape index (κ2) is 7.26. The first-order valence-corrected chi connectivity index (χ1v) is 9.83. The highest BCUT2D eigenvalue weighted by molar-refractivity contribution is 6.22. The van der Waals surface area contributed by atoms with E-state index in [1.807, 2.05) is 34.8 Å². The molecule has 1 aromatic heterocycles. The van der Waals surface area contributed by atoms with E-state index in [-0.39, 0.29) is 30.3 Å². The molecule has 0 N–H and O–H groups in total. The highest BCUT2D eigenvalue weighted by Crippen LogP contribution is 2.33. The Kier molecular flexibility index (Phi) is 4.79. The van der Waals surface area contributed by atoms with Crippen molar-refractivity contribution in [2.75, 3.05) is 13.1 Å². The van der Waals surface area contributed by atoms with E-state index in [9.17, 15) is 14.4 Å². The monoisotopic (exact) mass is 379 g/mol. The van der Waals surface area contributed by atoms with Crippen molar-refractivity contribution in [1.29, 1.82) is 0 Å². The molecule has 0 unspecified atom stereocenters. The van der Waals surface area contributed by atoms with Crippen LogP contribution in [0.15, 0.2) is 42.6 Å². The first kappa shape index (κ1) is 18.5. The largest absolute Gasteiger partial charge is 0.353 e. The Morgan fingerprint density at radius 1 is 1.00 bits per heavy atom. The number of aryl methyl sites for hydroxylation is 1. The van der Waals surface area contributed by atoms with Crippen molar-refractivity contribution >= 4 is 17.7 Å². The van der Waals surface area contributed by atoms with Gasteiger partial charge in [-0.2, -0.15) is 0 Å². The maximum atomic E-state index is 13.2. The summed E-state index contributed by atoms with van der Waals surface area (Å²) in [6, 6.07) is 10.7. The van der Waals surface area contributed by atoms with E-state index in [4.69, 9.17) is 0 Å². The number of likely N-dealkylation sites (tertiary alicyclic amines) is 1. The van der Waals surface area contributed by atoms with Gasteiger partial charge in [-0.15, -0.1) is 0 Å². The third-order valence-electron chi connectivity index (χ3n) is 5.99. The Morgan fingerprint density at radius 3 is 2.29 bits per heavy atom. The van der Waals surface area contributed by atoms with Crippen LogP contribution >= 0.6 is 0 Å². The van der Waals surface area contributed by atoms with Gasteiger partial charge in [-0.1, -0.05) is 19.1 Å². The zero-order chi connectivity index (χ0) is 19.8. The SMILES string of the molecule is C[C@@H]1CC[C@H](c2cccn2C)N(C(=O)CN2C(=O)c3ccccc3C2=O)CC1. The zero-order valence-corrected chi connectivity index (χ0v) is 16.3. The van der Waals surface area contributed by atoms with Crippen LogP contribution in [0.3, 0.4) is 0 Å². The molecular formula is C22H25N3O3. The number of aromatic nitrogens is 1. The molecule has 2 atom stereocenters. The summed E-state index contributed by atoms with van der Waals surface area (Å²) >= 11 is 0. The Morgan fingerprint density at radius 2 is 1.68 bits per heavy atom. The fourth-order valence-electron chi connectivity index (χ4n) is 4.29. The van der Waals surface area contributed by atoms with Crippen LogP contribution in [0.1, 0.15) is 58.6 Å². The predicted octanol–water partition coefficient (Wildman–Crippen LogP) is 3.01. The lowest BCUT2D eigenvalue weighted by Crippen LogP contribution is -2.44. The minimum Gasteiger partial charge on any atom is -0.353 e. The molecule has 6 nitrogen and oxygen atoms in total. The molecule has 6 heteroatoms. The lowest BCUT2D eigenvalue weighted by atomic mass is 10.00. The Bertz CT molecular complexity index is 898. The summed E-state index contributed by atoms with van der Waals surface area (Å²) in [6.07, 6.45) is 4.84. The number of hydrogen-bond donors (Lipinski definition) is 0. The van der Waals surface area contributed by atoms with Gasteiger partial charge in [0.1, 0.15) is 6.54 Å². The van der Waals surface area contributed by atoms with Gasteiger partial charge in [-0.3, -0.25) is 19.3 Å². The second-order valence-corrected chi connectivity index (χ2v) is 7.86. The number of amides is 3. The summed E-state index contributed by atoms with van der Waals surface area (Å²) in [4.78, 5) is 41.5. The fraction of sp³-hybridized carbons (Fsp3) is 0.409. The first-order chi connectivity index (χ1) is 13.5. The topological polar surface area (TPSA) is 62.6 Å². The van der Waals surface area contributed by atoms with E-state index < -0.39 is 0 Å². The maximum Gasteiger partial charge on any atom is 0.262 e. The molecule has 4 rings (SSSR count). The number of benzene rings is 1. The fourth-order valence-corrected chi connectivity index (χ4v) is 4.29. The molecule has 2 aliphatic rings. The molecule has 0 radical (unpaired) electrons. The van der Waals surface area contributed by atoms with Crippen LogP contribution in [0.5, 0.6) is 0 Å². The molecule has 3 amide bonds. The van der Waals surface area contributed by atoms with E-state index in [2.05, 4.69) is 6.92 Å².